The minimum Gasteiger partial charge on any atom is -0.438 e. The van der Waals surface area contributed by atoms with Crippen molar-refractivity contribution in [1.82, 2.24) is 4.98 Å². The van der Waals surface area contributed by atoms with Crippen molar-refractivity contribution in [2.24, 2.45) is 5.73 Å². The number of aromatic nitrogens is 1. The van der Waals surface area contributed by atoms with Crippen molar-refractivity contribution < 1.29 is 9.53 Å². The Balaban J connectivity index is 1.98. The van der Waals surface area contributed by atoms with E-state index in [-0.39, 0.29) is 17.4 Å². The summed E-state index contributed by atoms with van der Waals surface area (Å²) < 4.78 is 5.84. The second kappa shape index (κ2) is 5.08. The molecule has 27 heavy (non-hydrogen) atoms. The Hall–Kier alpha value is -3.85. The van der Waals surface area contributed by atoms with E-state index in [0.29, 0.717) is 16.8 Å². The van der Waals surface area contributed by atoms with Gasteiger partial charge in [0, 0.05) is 35.4 Å². The van der Waals surface area contributed by atoms with Crippen LogP contribution in [0.5, 0.6) is 5.75 Å². The van der Waals surface area contributed by atoms with Crippen molar-refractivity contribution in [3.05, 3.63) is 77.3 Å². The zero-order valence-electron chi connectivity index (χ0n) is 14.4. The molecule has 2 aliphatic rings. The summed E-state index contributed by atoms with van der Waals surface area (Å²) in [7, 11) is 1.70. The average Bonchev–Trinajstić information content (AvgIpc) is 2.91. The quantitative estimate of drug-likeness (QED) is 0.670. The van der Waals surface area contributed by atoms with Crippen LogP contribution in [0.25, 0.3) is 10.9 Å². The smallest absolute Gasteiger partial charge is 0.247 e. The van der Waals surface area contributed by atoms with Crippen LogP contribution in [-0.4, -0.2) is 17.9 Å². The normalized spacial score (nSPS) is 20.4. The van der Waals surface area contributed by atoms with Crippen molar-refractivity contribution in [3.63, 3.8) is 0 Å². The third-order valence-electron chi connectivity index (χ3n) is 5.37. The lowest BCUT2D eigenvalue weighted by molar-refractivity contribution is -0.120. The number of nitrogens with two attached hydrogens (primary N) is 1. The summed E-state index contributed by atoms with van der Waals surface area (Å²) in [6, 6.07) is 17.0. The highest BCUT2D eigenvalue weighted by Crippen LogP contribution is 2.55. The van der Waals surface area contributed by atoms with Gasteiger partial charge < -0.3 is 15.4 Å². The molecular formula is C21H14N4O2. The first-order valence-electron chi connectivity index (χ1n) is 8.44. The number of anilines is 1. The second-order valence-corrected chi connectivity index (χ2v) is 6.60. The monoisotopic (exact) mass is 354 g/mol. The Bertz CT molecular complexity index is 1220. The third kappa shape index (κ3) is 1.68. The molecule has 0 radical (unpaired) electrons. The van der Waals surface area contributed by atoms with Crippen LogP contribution in [0.1, 0.15) is 11.1 Å². The maximum absolute atomic E-state index is 13.6. The maximum Gasteiger partial charge on any atom is 0.247 e. The fourth-order valence-electron chi connectivity index (χ4n) is 4.20. The zero-order valence-corrected chi connectivity index (χ0v) is 14.4. The van der Waals surface area contributed by atoms with E-state index >= 15 is 0 Å². The first-order valence-corrected chi connectivity index (χ1v) is 8.44. The molecule has 1 spiro atoms. The van der Waals surface area contributed by atoms with E-state index in [0.717, 1.165) is 16.6 Å². The molecule has 1 atom stereocenters. The van der Waals surface area contributed by atoms with Crippen LogP contribution < -0.4 is 15.4 Å². The van der Waals surface area contributed by atoms with Gasteiger partial charge in [-0.25, -0.2) is 0 Å². The number of hydrogen-bond donors (Lipinski definition) is 1. The van der Waals surface area contributed by atoms with Crippen LogP contribution in [0.2, 0.25) is 0 Å². The molecule has 2 aliphatic heterocycles. The third-order valence-corrected chi connectivity index (χ3v) is 5.37. The molecule has 3 heterocycles. The number of nitrogens with zero attached hydrogens (tertiary/aromatic N) is 3. The Morgan fingerprint density at radius 3 is 2.78 bits per heavy atom. The number of para-hydroxylation sites is 1. The van der Waals surface area contributed by atoms with Gasteiger partial charge in [-0.2, -0.15) is 5.26 Å². The molecule has 0 saturated carbocycles. The minimum atomic E-state index is -1.33. The number of nitriles is 1. The highest BCUT2D eigenvalue weighted by molar-refractivity contribution is 6.14. The minimum absolute atomic E-state index is 0.0680. The lowest BCUT2D eigenvalue weighted by atomic mass is 9.68. The van der Waals surface area contributed by atoms with Gasteiger partial charge in [0.2, 0.25) is 11.8 Å². The molecule has 1 amide bonds. The highest BCUT2D eigenvalue weighted by atomic mass is 16.5. The van der Waals surface area contributed by atoms with Crippen molar-refractivity contribution in [1.29, 1.82) is 5.26 Å². The summed E-state index contributed by atoms with van der Waals surface area (Å²) in [6.07, 6.45) is 1.66. The lowest BCUT2D eigenvalue weighted by Crippen LogP contribution is -2.44. The molecule has 3 aromatic rings. The predicted molar refractivity (Wildman–Crippen MR) is 99.8 cm³/mol. The number of benzene rings is 2. The maximum atomic E-state index is 13.6. The molecule has 0 bridgehead atoms. The molecule has 130 valence electrons. The Morgan fingerprint density at radius 2 is 1.96 bits per heavy atom. The molecule has 6 nitrogen and oxygen atoms in total. The Kier molecular flexibility index (Phi) is 2.90. The van der Waals surface area contributed by atoms with Crippen LogP contribution in [0.15, 0.2) is 66.2 Å². The van der Waals surface area contributed by atoms with Gasteiger partial charge in [-0.15, -0.1) is 0 Å². The molecule has 0 saturated heterocycles. The predicted octanol–water partition coefficient (Wildman–Crippen LogP) is 2.58. The second-order valence-electron chi connectivity index (χ2n) is 6.60. The molecule has 1 aromatic heterocycles. The molecule has 2 aromatic carbocycles. The van der Waals surface area contributed by atoms with Gasteiger partial charge in [-0.05, 0) is 12.1 Å². The number of rotatable bonds is 0. The van der Waals surface area contributed by atoms with Gasteiger partial charge >= 0.3 is 0 Å². The standard InChI is InChI=1S/C21H14N4O2/c1-25-16-7-3-2-6-13(16)21(20(25)26)14-9-8-12-5-4-10-24-17(12)18(14)27-19(23)15(21)11-22/h2-10H,23H2,1H3/t21-/m0/s1. The van der Waals surface area contributed by atoms with Gasteiger partial charge in [0.25, 0.3) is 0 Å². The van der Waals surface area contributed by atoms with E-state index in [2.05, 4.69) is 11.1 Å². The van der Waals surface area contributed by atoms with Crippen molar-refractivity contribution in [3.8, 4) is 11.8 Å². The number of ether oxygens (including phenoxy) is 1. The van der Waals surface area contributed by atoms with Crippen LogP contribution in [0.4, 0.5) is 5.69 Å². The first-order chi connectivity index (χ1) is 13.1. The molecule has 0 aliphatic carbocycles. The topological polar surface area (TPSA) is 92.2 Å². The van der Waals surface area contributed by atoms with Gasteiger partial charge in [-0.1, -0.05) is 36.4 Å². The fraction of sp³-hybridized carbons (Fsp3) is 0.0952. The number of likely N-dealkylation sites (N-methyl/N-ethyl adjacent to an activating group) is 1. The SMILES string of the molecule is CN1C(=O)[C@@]2(C(C#N)=C(N)Oc3c2ccc2cccnc32)c2ccccc21. The van der Waals surface area contributed by atoms with E-state index in [4.69, 9.17) is 10.5 Å². The summed E-state index contributed by atoms with van der Waals surface area (Å²) in [5.74, 6) is 0.118. The summed E-state index contributed by atoms with van der Waals surface area (Å²) in [4.78, 5) is 19.6. The number of carbonyl (C=O) groups excluding carboxylic acids is 1. The molecular weight excluding hydrogens is 340 g/mol. The number of fused-ring (bicyclic) bond motifs is 6. The van der Waals surface area contributed by atoms with Crippen molar-refractivity contribution >= 4 is 22.5 Å². The summed E-state index contributed by atoms with van der Waals surface area (Å²) in [5, 5.41) is 10.8. The van der Waals surface area contributed by atoms with Gasteiger partial charge in [0.1, 0.15) is 22.6 Å². The van der Waals surface area contributed by atoms with Gasteiger partial charge in [-0.3, -0.25) is 9.78 Å². The van der Waals surface area contributed by atoms with E-state index < -0.39 is 5.41 Å². The van der Waals surface area contributed by atoms with Gasteiger partial charge in [0.15, 0.2) is 5.75 Å². The van der Waals surface area contributed by atoms with Crippen LogP contribution >= 0.6 is 0 Å². The molecule has 6 heteroatoms. The molecule has 0 unspecified atom stereocenters. The van der Waals surface area contributed by atoms with Crippen molar-refractivity contribution in [2.75, 3.05) is 11.9 Å². The highest BCUT2D eigenvalue weighted by Gasteiger charge is 2.58. The largest absolute Gasteiger partial charge is 0.438 e. The summed E-state index contributed by atoms with van der Waals surface area (Å²) in [5.41, 5.74) is 7.58. The Labute approximate surface area is 155 Å². The number of pyridine rings is 1. The van der Waals surface area contributed by atoms with E-state index in [1.807, 2.05) is 48.5 Å². The Morgan fingerprint density at radius 1 is 1.15 bits per heavy atom. The number of amides is 1. The van der Waals surface area contributed by atoms with Crippen LogP contribution in [-0.2, 0) is 10.2 Å². The van der Waals surface area contributed by atoms with Crippen LogP contribution in [0.3, 0.4) is 0 Å². The van der Waals surface area contributed by atoms with Crippen LogP contribution in [0, 0.1) is 11.3 Å². The molecule has 0 fully saturated rings. The fourth-order valence-corrected chi connectivity index (χ4v) is 4.20. The van der Waals surface area contributed by atoms with E-state index in [1.165, 1.54) is 0 Å². The van der Waals surface area contributed by atoms with E-state index in [1.54, 1.807) is 18.1 Å². The van der Waals surface area contributed by atoms with Crippen molar-refractivity contribution in [2.45, 2.75) is 5.41 Å². The van der Waals surface area contributed by atoms with Gasteiger partial charge in [0.05, 0.1) is 0 Å². The molecule has 5 rings (SSSR count). The number of hydrogen-bond acceptors (Lipinski definition) is 5. The average molecular weight is 354 g/mol. The zero-order chi connectivity index (χ0) is 18.8. The van der Waals surface area contributed by atoms with E-state index in [9.17, 15) is 10.1 Å². The summed E-state index contributed by atoms with van der Waals surface area (Å²) in [6.45, 7) is 0. The summed E-state index contributed by atoms with van der Waals surface area (Å²) >= 11 is 0. The molecule has 2 N–H and O–H groups in total. The first kappa shape index (κ1) is 15.4. The lowest BCUT2D eigenvalue weighted by Gasteiger charge is -2.34. The number of carbonyl (C=O) groups is 1.